The standard InChI is InChI=1S/C14H24N2O/c1-2-9-16(10-3-4-11-17)12-13-5-7-14(15)8-6-13/h5-8,17H,2-4,9-12,15H2,1H3. The number of hydrogen-bond acceptors (Lipinski definition) is 3. The number of nitrogens with zero attached hydrogens (tertiary/aromatic N) is 1. The lowest BCUT2D eigenvalue weighted by molar-refractivity contribution is 0.236. The lowest BCUT2D eigenvalue weighted by Crippen LogP contribution is -2.25. The molecule has 0 radical (unpaired) electrons. The van der Waals surface area contributed by atoms with Crippen molar-refractivity contribution in [1.29, 1.82) is 0 Å². The molecule has 17 heavy (non-hydrogen) atoms. The Kier molecular flexibility index (Phi) is 6.67. The smallest absolute Gasteiger partial charge is 0.0431 e. The number of nitrogen functional groups attached to an aromatic ring is 1. The molecule has 1 rings (SSSR count). The molecule has 1 aromatic rings. The highest BCUT2D eigenvalue weighted by Crippen LogP contribution is 2.09. The van der Waals surface area contributed by atoms with Gasteiger partial charge in [0.1, 0.15) is 0 Å². The van der Waals surface area contributed by atoms with Gasteiger partial charge in [-0.1, -0.05) is 19.1 Å². The highest BCUT2D eigenvalue weighted by molar-refractivity contribution is 5.39. The Balaban J connectivity index is 2.44. The highest BCUT2D eigenvalue weighted by atomic mass is 16.2. The molecule has 0 aliphatic heterocycles. The third-order valence-corrected chi connectivity index (χ3v) is 2.81. The van der Waals surface area contributed by atoms with Crippen LogP contribution < -0.4 is 5.73 Å². The highest BCUT2D eigenvalue weighted by Gasteiger charge is 2.04. The van der Waals surface area contributed by atoms with Gasteiger partial charge in [0.15, 0.2) is 0 Å². The first kappa shape index (κ1) is 14.0. The Labute approximate surface area is 104 Å². The second-order valence-electron chi connectivity index (χ2n) is 4.45. The molecule has 3 nitrogen and oxygen atoms in total. The van der Waals surface area contributed by atoms with Crippen molar-refractivity contribution in [3.8, 4) is 0 Å². The van der Waals surface area contributed by atoms with E-state index in [-0.39, 0.29) is 0 Å². The van der Waals surface area contributed by atoms with Gasteiger partial charge in [-0.15, -0.1) is 0 Å². The van der Waals surface area contributed by atoms with E-state index in [1.54, 1.807) is 0 Å². The molecule has 0 aliphatic carbocycles. The van der Waals surface area contributed by atoms with Gasteiger partial charge in [0, 0.05) is 18.8 Å². The fourth-order valence-electron chi connectivity index (χ4n) is 1.91. The van der Waals surface area contributed by atoms with E-state index in [1.807, 2.05) is 12.1 Å². The Morgan fingerprint density at radius 2 is 1.82 bits per heavy atom. The zero-order chi connectivity index (χ0) is 12.5. The van der Waals surface area contributed by atoms with Crippen LogP contribution in [0.15, 0.2) is 24.3 Å². The first-order chi connectivity index (χ1) is 8.26. The van der Waals surface area contributed by atoms with Crippen molar-refractivity contribution >= 4 is 5.69 Å². The minimum Gasteiger partial charge on any atom is -0.399 e. The number of anilines is 1. The molecule has 0 amide bonds. The topological polar surface area (TPSA) is 49.5 Å². The maximum Gasteiger partial charge on any atom is 0.0431 e. The van der Waals surface area contributed by atoms with Gasteiger partial charge in [-0.3, -0.25) is 4.90 Å². The van der Waals surface area contributed by atoms with Crippen molar-refractivity contribution in [3.05, 3.63) is 29.8 Å². The van der Waals surface area contributed by atoms with E-state index in [0.717, 1.165) is 44.6 Å². The SMILES string of the molecule is CCCN(CCCCO)Cc1ccc(N)cc1. The van der Waals surface area contributed by atoms with Crippen LogP contribution in [0.5, 0.6) is 0 Å². The number of nitrogens with two attached hydrogens (primary N) is 1. The maximum atomic E-state index is 8.80. The fourth-order valence-corrected chi connectivity index (χ4v) is 1.91. The molecular weight excluding hydrogens is 212 g/mol. The van der Waals surface area contributed by atoms with E-state index in [0.29, 0.717) is 6.61 Å². The number of rotatable bonds is 8. The molecule has 0 saturated carbocycles. The average Bonchev–Trinajstić information content (AvgIpc) is 2.32. The predicted molar refractivity (Wildman–Crippen MR) is 72.7 cm³/mol. The number of aliphatic hydroxyl groups is 1. The van der Waals surface area contributed by atoms with Crippen LogP contribution in [0.2, 0.25) is 0 Å². The van der Waals surface area contributed by atoms with Crippen LogP contribution in [0.1, 0.15) is 31.7 Å². The van der Waals surface area contributed by atoms with Crippen molar-refractivity contribution in [1.82, 2.24) is 4.90 Å². The zero-order valence-corrected chi connectivity index (χ0v) is 10.7. The molecule has 96 valence electrons. The lowest BCUT2D eigenvalue weighted by atomic mass is 10.2. The second-order valence-corrected chi connectivity index (χ2v) is 4.45. The van der Waals surface area contributed by atoms with Gasteiger partial charge in [0.25, 0.3) is 0 Å². The third-order valence-electron chi connectivity index (χ3n) is 2.81. The van der Waals surface area contributed by atoms with E-state index in [2.05, 4.69) is 24.0 Å². The van der Waals surface area contributed by atoms with E-state index in [1.165, 1.54) is 5.56 Å². The lowest BCUT2D eigenvalue weighted by Gasteiger charge is -2.21. The van der Waals surface area contributed by atoms with Gasteiger partial charge in [-0.25, -0.2) is 0 Å². The summed E-state index contributed by atoms with van der Waals surface area (Å²) in [7, 11) is 0. The summed E-state index contributed by atoms with van der Waals surface area (Å²) in [5, 5.41) is 8.80. The van der Waals surface area contributed by atoms with Crippen molar-refractivity contribution in [2.24, 2.45) is 0 Å². The number of hydrogen-bond donors (Lipinski definition) is 2. The van der Waals surface area contributed by atoms with Crippen LogP contribution in [0, 0.1) is 0 Å². The van der Waals surface area contributed by atoms with Crippen LogP contribution in [0.4, 0.5) is 5.69 Å². The minimum atomic E-state index is 0.293. The summed E-state index contributed by atoms with van der Waals surface area (Å²) in [5.41, 5.74) is 7.79. The molecule has 0 aliphatic rings. The monoisotopic (exact) mass is 236 g/mol. The Hall–Kier alpha value is -1.06. The predicted octanol–water partition coefficient (Wildman–Crippen LogP) is 2.25. The molecule has 0 fully saturated rings. The van der Waals surface area contributed by atoms with Gasteiger partial charge in [0.2, 0.25) is 0 Å². The van der Waals surface area contributed by atoms with E-state index >= 15 is 0 Å². The Morgan fingerprint density at radius 3 is 2.41 bits per heavy atom. The summed E-state index contributed by atoms with van der Waals surface area (Å²) in [5.74, 6) is 0. The quantitative estimate of drug-likeness (QED) is 0.537. The minimum absolute atomic E-state index is 0.293. The molecule has 0 unspecified atom stereocenters. The Morgan fingerprint density at radius 1 is 1.12 bits per heavy atom. The largest absolute Gasteiger partial charge is 0.399 e. The summed E-state index contributed by atoms with van der Waals surface area (Å²) in [6.07, 6.45) is 3.11. The molecule has 0 saturated heterocycles. The summed E-state index contributed by atoms with van der Waals surface area (Å²) in [6.45, 7) is 5.62. The fraction of sp³-hybridized carbons (Fsp3) is 0.571. The van der Waals surface area contributed by atoms with Crippen LogP contribution in [0.25, 0.3) is 0 Å². The number of unbranched alkanes of at least 4 members (excludes halogenated alkanes) is 1. The first-order valence-electron chi connectivity index (χ1n) is 6.44. The third kappa shape index (κ3) is 5.71. The zero-order valence-electron chi connectivity index (χ0n) is 10.7. The molecule has 3 N–H and O–H groups in total. The summed E-state index contributed by atoms with van der Waals surface area (Å²) in [4.78, 5) is 2.43. The maximum absolute atomic E-state index is 8.80. The van der Waals surface area contributed by atoms with Gasteiger partial charge >= 0.3 is 0 Å². The van der Waals surface area contributed by atoms with E-state index < -0.39 is 0 Å². The van der Waals surface area contributed by atoms with Crippen LogP contribution in [-0.2, 0) is 6.54 Å². The normalized spacial score (nSPS) is 11.0. The van der Waals surface area contributed by atoms with E-state index in [9.17, 15) is 0 Å². The van der Waals surface area contributed by atoms with Gasteiger partial charge in [-0.05, 0) is 50.0 Å². The molecule has 0 spiro atoms. The second kappa shape index (κ2) is 8.09. The van der Waals surface area contributed by atoms with Crippen molar-refractivity contribution in [3.63, 3.8) is 0 Å². The van der Waals surface area contributed by atoms with Gasteiger partial charge < -0.3 is 10.8 Å². The van der Waals surface area contributed by atoms with Gasteiger partial charge in [0.05, 0.1) is 0 Å². The number of benzene rings is 1. The van der Waals surface area contributed by atoms with Crippen LogP contribution in [0.3, 0.4) is 0 Å². The molecule has 0 atom stereocenters. The average molecular weight is 236 g/mol. The molecule has 3 heteroatoms. The van der Waals surface area contributed by atoms with Crippen molar-refractivity contribution in [2.45, 2.75) is 32.7 Å². The molecule has 0 bridgehead atoms. The summed E-state index contributed by atoms with van der Waals surface area (Å²) < 4.78 is 0. The van der Waals surface area contributed by atoms with Crippen molar-refractivity contribution < 1.29 is 5.11 Å². The Bertz CT molecular complexity index is 298. The first-order valence-corrected chi connectivity index (χ1v) is 6.44. The van der Waals surface area contributed by atoms with Crippen LogP contribution in [-0.4, -0.2) is 29.7 Å². The summed E-state index contributed by atoms with van der Waals surface area (Å²) >= 11 is 0. The molecule has 0 aromatic heterocycles. The molecule has 0 heterocycles. The van der Waals surface area contributed by atoms with E-state index in [4.69, 9.17) is 10.8 Å². The molecule has 1 aromatic carbocycles. The summed E-state index contributed by atoms with van der Waals surface area (Å²) in [6, 6.07) is 8.08. The molecular formula is C14H24N2O. The number of aliphatic hydroxyl groups excluding tert-OH is 1. The van der Waals surface area contributed by atoms with Crippen LogP contribution >= 0.6 is 0 Å². The van der Waals surface area contributed by atoms with Crippen molar-refractivity contribution in [2.75, 3.05) is 25.4 Å². The van der Waals surface area contributed by atoms with Gasteiger partial charge in [-0.2, -0.15) is 0 Å².